The van der Waals surface area contributed by atoms with E-state index in [1.54, 1.807) is 18.0 Å². The van der Waals surface area contributed by atoms with Gasteiger partial charge in [-0.3, -0.25) is 4.79 Å². The number of amides is 1. The van der Waals surface area contributed by atoms with E-state index in [1.165, 1.54) is 24.7 Å². The standard InChI is InChI=1S/C22H26N2O5S/c1-23(30(26,27)17-10-11-20-21(14-17)29-13-12-28-20)15-22(25)24(2)19-9-5-7-16-6-3-4-8-18(16)19/h3-4,6,8,10-11,14,19H,5,7,9,12-13,15H2,1-2H3. The highest BCUT2D eigenvalue weighted by atomic mass is 32.2. The van der Waals surface area contributed by atoms with Crippen LogP contribution in [0.15, 0.2) is 47.4 Å². The van der Waals surface area contributed by atoms with Crippen molar-refractivity contribution in [2.75, 3.05) is 33.9 Å². The topological polar surface area (TPSA) is 76.2 Å². The minimum atomic E-state index is -3.84. The molecule has 0 spiro atoms. The highest BCUT2D eigenvalue weighted by Crippen LogP contribution is 2.34. The number of nitrogens with zero attached hydrogens (tertiary/aromatic N) is 2. The zero-order valence-corrected chi connectivity index (χ0v) is 18.0. The molecule has 1 aliphatic carbocycles. The molecule has 2 aliphatic rings. The molecular weight excluding hydrogens is 404 g/mol. The van der Waals surface area contributed by atoms with Gasteiger partial charge < -0.3 is 14.4 Å². The van der Waals surface area contributed by atoms with Gasteiger partial charge >= 0.3 is 0 Å². The predicted octanol–water partition coefficient (Wildman–Crippen LogP) is 2.61. The molecule has 0 fully saturated rings. The summed E-state index contributed by atoms with van der Waals surface area (Å²) in [6.45, 7) is 0.578. The fourth-order valence-corrected chi connectivity index (χ4v) is 5.19. The second-order valence-corrected chi connectivity index (χ2v) is 9.72. The molecule has 1 atom stereocenters. The van der Waals surface area contributed by atoms with Crippen molar-refractivity contribution in [2.45, 2.75) is 30.2 Å². The Hall–Kier alpha value is -2.58. The lowest BCUT2D eigenvalue weighted by atomic mass is 9.87. The monoisotopic (exact) mass is 430 g/mol. The van der Waals surface area contributed by atoms with Gasteiger partial charge in [-0.05, 0) is 42.5 Å². The molecule has 0 radical (unpaired) electrons. The molecule has 7 nitrogen and oxygen atoms in total. The summed E-state index contributed by atoms with van der Waals surface area (Å²) in [5, 5.41) is 0. The minimum Gasteiger partial charge on any atom is -0.486 e. The number of carbonyl (C=O) groups excluding carboxylic acids is 1. The molecular formula is C22H26N2O5S. The van der Waals surface area contributed by atoms with E-state index in [9.17, 15) is 13.2 Å². The van der Waals surface area contributed by atoms with Crippen molar-refractivity contribution in [3.8, 4) is 11.5 Å². The number of likely N-dealkylation sites (N-methyl/N-ethyl adjacent to an activating group) is 2. The summed E-state index contributed by atoms with van der Waals surface area (Å²) < 4.78 is 38.0. The normalized spacial score (nSPS) is 18.0. The Labute approximate surface area is 177 Å². The number of sulfonamides is 1. The van der Waals surface area contributed by atoms with E-state index in [0.29, 0.717) is 24.7 Å². The van der Waals surface area contributed by atoms with Crippen LogP contribution >= 0.6 is 0 Å². The third-order valence-corrected chi connectivity index (χ3v) is 7.58. The van der Waals surface area contributed by atoms with Gasteiger partial charge in [0.25, 0.3) is 0 Å². The van der Waals surface area contributed by atoms with E-state index in [-0.39, 0.29) is 23.4 Å². The van der Waals surface area contributed by atoms with Gasteiger partial charge in [0.2, 0.25) is 15.9 Å². The second-order valence-electron chi connectivity index (χ2n) is 7.68. The molecule has 4 rings (SSSR count). The van der Waals surface area contributed by atoms with E-state index < -0.39 is 10.0 Å². The summed E-state index contributed by atoms with van der Waals surface area (Å²) >= 11 is 0. The van der Waals surface area contributed by atoms with Crippen LogP contribution in [0.3, 0.4) is 0 Å². The molecule has 30 heavy (non-hydrogen) atoms. The average Bonchev–Trinajstić information content (AvgIpc) is 2.77. The van der Waals surface area contributed by atoms with Crippen LogP contribution in [0.4, 0.5) is 0 Å². The van der Waals surface area contributed by atoms with Crippen LogP contribution < -0.4 is 9.47 Å². The molecule has 0 aromatic heterocycles. The smallest absolute Gasteiger partial charge is 0.243 e. The molecule has 0 N–H and O–H groups in total. The first-order chi connectivity index (χ1) is 14.4. The van der Waals surface area contributed by atoms with Crippen molar-refractivity contribution in [3.63, 3.8) is 0 Å². The Morgan fingerprint density at radius 3 is 2.60 bits per heavy atom. The molecule has 1 aliphatic heterocycles. The van der Waals surface area contributed by atoms with Crippen molar-refractivity contribution in [1.82, 2.24) is 9.21 Å². The summed E-state index contributed by atoms with van der Waals surface area (Å²) in [6.07, 6.45) is 2.88. The number of rotatable bonds is 5. The van der Waals surface area contributed by atoms with E-state index in [4.69, 9.17) is 9.47 Å². The number of fused-ring (bicyclic) bond motifs is 2. The van der Waals surface area contributed by atoms with E-state index >= 15 is 0 Å². The fourth-order valence-electron chi connectivity index (χ4n) is 4.06. The first-order valence-electron chi connectivity index (χ1n) is 10.1. The maximum absolute atomic E-state index is 13.0. The van der Waals surface area contributed by atoms with Crippen LogP contribution in [0.5, 0.6) is 11.5 Å². The van der Waals surface area contributed by atoms with Crippen molar-refractivity contribution in [2.24, 2.45) is 0 Å². The van der Waals surface area contributed by atoms with Crippen LogP contribution in [0.25, 0.3) is 0 Å². The molecule has 160 valence electrons. The number of hydrogen-bond donors (Lipinski definition) is 0. The van der Waals surface area contributed by atoms with Crippen molar-refractivity contribution in [1.29, 1.82) is 0 Å². The van der Waals surface area contributed by atoms with E-state index in [1.807, 2.05) is 12.1 Å². The summed E-state index contributed by atoms with van der Waals surface area (Å²) in [5.41, 5.74) is 2.41. The second kappa shape index (κ2) is 8.28. The highest BCUT2D eigenvalue weighted by molar-refractivity contribution is 7.89. The first kappa shape index (κ1) is 20.7. The summed E-state index contributed by atoms with van der Waals surface area (Å²) in [6, 6.07) is 12.6. The Bertz CT molecular complexity index is 1050. The van der Waals surface area contributed by atoms with E-state index in [0.717, 1.165) is 29.1 Å². The Morgan fingerprint density at radius 1 is 1.07 bits per heavy atom. The highest BCUT2D eigenvalue weighted by Gasteiger charge is 2.30. The summed E-state index contributed by atoms with van der Waals surface area (Å²) in [4.78, 5) is 14.7. The third kappa shape index (κ3) is 3.89. The van der Waals surface area contributed by atoms with Gasteiger partial charge in [-0.1, -0.05) is 24.3 Å². The molecule has 1 unspecified atom stereocenters. The first-order valence-corrected chi connectivity index (χ1v) is 11.5. The van der Waals surface area contributed by atoms with Gasteiger partial charge in [0.1, 0.15) is 13.2 Å². The number of carbonyl (C=O) groups is 1. The number of ether oxygens (including phenoxy) is 2. The lowest BCUT2D eigenvalue weighted by molar-refractivity contribution is -0.132. The molecule has 2 aromatic carbocycles. The lowest BCUT2D eigenvalue weighted by Crippen LogP contribution is -2.41. The molecule has 2 aromatic rings. The zero-order chi connectivity index (χ0) is 21.3. The molecule has 0 saturated carbocycles. The SMILES string of the molecule is CN(C(=O)CN(C)S(=O)(=O)c1ccc2c(c1)OCCO2)C1CCCc2ccccc21. The average molecular weight is 431 g/mol. The van der Waals surface area contributed by atoms with Gasteiger partial charge in [0.15, 0.2) is 11.5 Å². The number of benzene rings is 2. The molecule has 1 amide bonds. The van der Waals surface area contributed by atoms with Crippen LogP contribution in [0.1, 0.15) is 30.0 Å². The van der Waals surface area contributed by atoms with Gasteiger partial charge in [-0.15, -0.1) is 0 Å². The van der Waals surface area contributed by atoms with Crippen molar-refractivity contribution >= 4 is 15.9 Å². The van der Waals surface area contributed by atoms with Gasteiger partial charge in [0.05, 0.1) is 17.5 Å². The quantitative estimate of drug-likeness (QED) is 0.729. The Kier molecular flexibility index (Phi) is 5.71. The number of aryl methyl sites for hydroxylation is 1. The largest absolute Gasteiger partial charge is 0.486 e. The van der Waals surface area contributed by atoms with Crippen LogP contribution in [0.2, 0.25) is 0 Å². The van der Waals surface area contributed by atoms with Crippen LogP contribution in [0, 0.1) is 0 Å². The van der Waals surface area contributed by atoms with Crippen molar-refractivity contribution in [3.05, 3.63) is 53.6 Å². The summed E-state index contributed by atoms with van der Waals surface area (Å²) in [5.74, 6) is 0.688. The fraction of sp³-hybridized carbons (Fsp3) is 0.409. The van der Waals surface area contributed by atoms with Gasteiger partial charge in [-0.2, -0.15) is 4.31 Å². The van der Waals surface area contributed by atoms with Gasteiger partial charge in [-0.25, -0.2) is 8.42 Å². The van der Waals surface area contributed by atoms with Crippen molar-refractivity contribution < 1.29 is 22.7 Å². The zero-order valence-electron chi connectivity index (χ0n) is 17.2. The molecule has 8 heteroatoms. The number of hydrogen-bond acceptors (Lipinski definition) is 5. The summed E-state index contributed by atoms with van der Waals surface area (Å²) in [7, 11) is -0.669. The minimum absolute atomic E-state index is 0.0344. The predicted molar refractivity (Wildman–Crippen MR) is 112 cm³/mol. The Morgan fingerprint density at radius 2 is 1.80 bits per heavy atom. The van der Waals surface area contributed by atoms with E-state index in [2.05, 4.69) is 12.1 Å². The van der Waals surface area contributed by atoms with Gasteiger partial charge in [0, 0.05) is 20.2 Å². The maximum Gasteiger partial charge on any atom is 0.243 e. The third-order valence-electron chi connectivity index (χ3n) is 5.78. The van der Waals surface area contributed by atoms with Crippen LogP contribution in [-0.4, -0.2) is 57.4 Å². The lowest BCUT2D eigenvalue weighted by Gasteiger charge is -2.34. The maximum atomic E-state index is 13.0. The Balaban J connectivity index is 1.49. The molecule has 0 bridgehead atoms. The van der Waals surface area contributed by atoms with Crippen LogP contribution in [-0.2, 0) is 21.2 Å². The molecule has 0 saturated heterocycles. The molecule has 1 heterocycles.